The van der Waals surface area contributed by atoms with Crippen molar-refractivity contribution in [2.45, 2.75) is 6.92 Å². The van der Waals surface area contributed by atoms with Crippen LogP contribution in [-0.2, 0) is 0 Å². The summed E-state index contributed by atoms with van der Waals surface area (Å²) < 4.78 is 0. The van der Waals surface area contributed by atoms with Gasteiger partial charge in [-0.3, -0.25) is 5.43 Å². The number of phenols is 1. The molecule has 2 aromatic rings. The summed E-state index contributed by atoms with van der Waals surface area (Å²) in [5.74, 6) is 0.491. The molecule has 18 heavy (non-hydrogen) atoms. The number of nitrogens with one attached hydrogen (secondary N) is 2. The van der Waals surface area contributed by atoms with Gasteiger partial charge >= 0.3 is 5.69 Å². The van der Waals surface area contributed by atoms with Gasteiger partial charge in [0, 0.05) is 0 Å². The number of hydrogen-bond donors (Lipinski definition) is 3. The first-order valence-electron chi connectivity index (χ1n) is 5.16. The SMILES string of the molecule is Cc1n[nH]c(=O)nc1N/N=C/c1ccc(O)cc1. The molecule has 7 nitrogen and oxygen atoms in total. The number of anilines is 1. The number of phenolic OH excluding ortho intramolecular Hbond substituents is 1. The fourth-order valence-corrected chi connectivity index (χ4v) is 1.23. The molecule has 3 N–H and O–H groups in total. The topological polar surface area (TPSA) is 103 Å². The van der Waals surface area contributed by atoms with Gasteiger partial charge in [-0.2, -0.15) is 15.2 Å². The predicted molar refractivity (Wildman–Crippen MR) is 66.7 cm³/mol. The van der Waals surface area contributed by atoms with E-state index in [1.807, 2.05) is 0 Å². The van der Waals surface area contributed by atoms with Crippen LogP contribution in [0.5, 0.6) is 5.75 Å². The number of nitrogens with zero attached hydrogens (tertiary/aromatic N) is 3. The second-order valence-corrected chi connectivity index (χ2v) is 3.54. The van der Waals surface area contributed by atoms with Crippen molar-refractivity contribution >= 4 is 12.0 Å². The Bertz CT molecular complexity index is 618. The zero-order chi connectivity index (χ0) is 13.0. The molecule has 0 amide bonds. The fourth-order valence-electron chi connectivity index (χ4n) is 1.23. The van der Waals surface area contributed by atoms with Crippen LogP contribution < -0.4 is 11.1 Å². The Morgan fingerprint density at radius 2 is 2.11 bits per heavy atom. The molecule has 0 aliphatic heterocycles. The van der Waals surface area contributed by atoms with E-state index in [9.17, 15) is 4.79 Å². The second kappa shape index (κ2) is 5.09. The van der Waals surface area contributed by atoms with E-state index in [4.69, 9.17) is 5.11 Å². The molecule has 0 aliphatic rings. The largest absolute Gasteiger partial charge is 0.508 e. The van der Waals surface area contributed by atoms with E-state index >= 15 is 0 Å². The fraction of sp³-hybridized carbons (Fsp3) is 0.0909. The molecular formula is C11H11N5O2. The molecular weight excluding hydrogens is 234 g/mol. The maximum atomic E-state index is 11.0. The Balaban J connectivity index is 2.09. The summed E-state index contributed by atoms with van der Waals surface area (Å²) in [5.41, 5.74) is 3.43. The third-order valence-corrected chi connectivity index (χ3v) is 2.15. The molecule has 1 heterocycles. The second-order valence-electron chi connectivity index (χ2n) is 3.54. The minimum atomic E-state index is -0.539. The molecule has 7 heteroatoms. The van der Waals surface area contributed by atoms with E-state index in [1.54, 1.807) is 37.4 Å². The highest BCUT2D eigenvalue weighted by molar-refractivity contribution is 5.80. The summed E-state index contributed by atoms with van der Waals surface area (Å²) in [4.78, 5) is 14.6. The Kier molecular flexibility index (Phi) is 3.33. The van der Waals surface area contributed by atoms with Crippen LogP contribution in [0.25, 0.3) is 0 Å². The molecule has 0 saturated carbocycles. The Hall–Kier alpha value is -2.70. The van der Waals surface area contributed by atoms with Crippen molar-refractivity contribution in [3.05, 3.63) is 46.0 Å². The van der Waals surface area contributed by atoms with Crippen LogP contribution in [0.15, 0.2) is 34.2 Å². The normalized spacial score (nSPS) is 10.7. The molecule has 0 atom stereocenters. The average Bonchev–Trinajstić information content (AvgIpc) is 2.36. The van der Waals surface area contributed by atoms with Gasteiger partial charge in [0.05, 0.1) is 6.21 Å². The molecule has 0 aliphatic carbocycles. The zero-order valence-corrected chi connectivity index (χ0v) is 9.58. The minimum Gasteiger partial charge on any atom is -0.508 e. The highest BCUT2D eigenvalue weighted by Crippen LogP contribution is 2.08. The average molecular weight is 245 g/mol. The van der Waals surface area contributed by atoms with Crippen molar-refractivity contribution in [3.63, 3.8) is 0 Å². The third kappa shape index (κ3) is 2.91. The Labute approximate surface area is 102 Å². The summed E-state index contributed by atoms with van der Waals surface area (Å²) in [6.07, 6.45) is 1.54. The number of rotatable bonds is 3. The van der Waals surface area contributed by atoms with Gasteiger partial charge < -0.3 is 5.11 Å². The Morgan fingerprint density at radius 3 is 2.83 bits per heavy atom. The van der Waals surface area contributed by atoms with Crippen LogP contribution >= 0.6 is 0 Å². The summed E-state index contributed by atoms with van der Waals surface area (Å²) in [6.45, 7) is 1.70. The van der Waals surface area contributed by atoms with Crippen LogP contribution in [0.2, 0.25) is 0 Å². The van der Waals surface area contributed by atoms with Crippen molar-refractivity contribution in [2.75, 3.05) is 5.43 Å². The van der Waals surface area contributed by atoms with Crippen LogP contribution in [0.4, 0.5) is 5.82 Å². The van der Waals surface area contributed by atoms with Crippen molar-refractivity contribution in [3.8, 4) is 5.75 Å². The number of benzene rings is 1. The molecule has 0 unspecified atom stereocenters. The van der Waals surface area contributed by atoms with Crippen molar-refractivity contribution in [1.29, 1.82) is 0 Å². The predicted octanol–water partition coefficient (Wildman–Crippen LogP) is 0.625. The van der Waals surface area contributed by atoms with Crippen molar-refractivity contribution in [2.24, 2.45) is 5.10 Å². The van der Waals surface area contributed by atoms with E-state index in [2.05, 4.69) is 25.7 Å². The minimum absolute atomic E-state index is 0.191. The summed E-state index contributed by atoms with van der Waals surface area (Å²) in [5, 5.41) is 19.0. The van der Waals surface area contributed by atoms with Gasteiger partial charge in [-0.05, 0) is 36.8 Å². The smallest absolute Gasteiger partial charge is 0.363 e. The molecule has 0 saturated heterocycles. The molecule has 92 valence electrons. The number of H-pyrrole nitrogens is 1. The molecule has 1 aromatic heterocycles. The number of aromatic nitrogens is 3. The molecule has 0 fully saturated rings. The van der Waals surface area contributed by atoms with E-state index in [0.717, 1.165) is 5.56 Å². The van der Waals surface area contributed by atoms with E-state index < -0.39 is 5.69 Å². The van der Waals surface area contributed by atoms with Crippen molar-refractivity contribution < 1.29 is 5.11 Å². The zero-order valence-electron chi connectivity index (χ0n) is 9.58. The highest BCUT2D eigenvalue weighted by Gasteiger charge is 1.99. The van der Waals surface area contributed by atoms with Crippen LogP contribution in [0, 0.1) is 6.92 Å². The van der Waals surface area contributed by atoms with Gasteiger partial charge in [-0.25, -0.2) is 9.89 Å². The van der Waals surface area contributed by atoms with E-state index in [1.165, 1.54) is 0 Å². The third-order valence-electron chi connectivity index (χ3n) is 2.15. The summed E-state index contributed by atoms with van der Waals surface area (Å²) in [6, 6.07) is 6.52. The van der Waals surface area contributed by atoms with E-state index in [0.29, 0.717) is 11.5 Å². The molecule has 1 aromatic carbocycles. The lowest BCUT2D eigenvalue weighted by Crippen LogP contribution is -2.15. The molecule has 2 rings (SSSR count). The molecule has 0 radical (unpaired) electrons. The first-order valence-corrected chi connectivity index (χ1v) is 5.16. The van der Waals surface area contributed by atoms with Crippen LogP contribution in [-0.4, -0.2) is 26.5 Å². The first-order chi connectivity index (χ1) is 8.65. The van der Waals surface area contributed by atoms with E-state index in [-0.39, 0.29) is 5.75 Å². The lowest BCUT2D eigenvalue weighted by molar-refractivity contribution is 0.475. The summed E-state index contributed by atoms with van der Waals surface area (Å²) >= 11 is 0. The number of aromatic hydroxyl groups is 1. The molecule has 0 spiro atoms. The standard InChI is InChI=1S/C11H11N5O2/c1-7-10(13-11(18)16-14-7)15-12-6-8-2-4-9(17)5-3-8/h2-6,17H,1H3,(H2,13,15,16,18)/b12-6+. The van der Waals surface area contributed by atoms with Crippen molar-refractivity contribution in [1.82, 2.24) is 15.2 Å². The summed E-state index contributed by atoms with van der Waals surface area (Å²) in [7, 11) is 0. The van der Waals surface area contributed by atoms with Gasteiger partial charge in [0.15, 0.2) is 5.82 Å². The number of aromatic amines is 1. The van der Waals surface area contributed by atoms with Gasteiger partial charge in [0.1, 0.15) is 11.4 Å². The maximum Gasteiger partial charge on any atom is 0.363 e. The van der Waals surface area contributed by atoms with Gasteiger partial charge in [0.25, 0.3) is 0 Å². The Morgan fingerprint density at radius 1 is 1.39 bits per heavy atom. The first kappa shape index (κ1) is 11.8. The number of hydrogen-bond acceptors (Lipinski definition) is 6. The monoisotopic (exact) mass is 245 g/mol. The van der Waals surface area contributed by atoms with Crippen LogP contribution in [0.3, 0.4) is 0 Å². The lowest BCUT2D eigenvalue weighted by atomic mass is 10.2. The van der Waals surface area contributed by atoms with Gasteiger partial charge in [0.2, 0.25) is 0 Å². The lowest BCUT2D eigenvalue weighted by Gasteiger charge is -2.00. The van der Waals surface area contributed by atoms with Gasteiger partial charge in [-0.15, -0.1) is 0 Å². The highest BCUT2D eigenvalue weighted by atomic mass is 16.3. The molecule has 0 bridgehead atoms. The van der Waals surface area contributed by atoms with Gasteiger partial charge in [-0.1, -0.05) is 0 Å². The van der Waals surface area contributed by atoms with Crippen LogP contribution in [0.1, 0.15) is 11.3 Å². The number of aryl methyl sites for hydroxylation is 1. The number of hydrazone groups is 1. The maximum absolute atomic E-state index is 11.0. The quantitative estimate of drug-likeness (QED) is 0.543.